The molecule has 0 rings (SSSR count). The Morgan fingerprint density at radius 3 is 2.85 bits per heavy atom. The predicted molar refractivity (Wildman–Crippen MR) is 59.4 cm³/mol. The average Bonchev–Trinajstić information content (AvgIpc) is 2.16. The van der Waals surface area contributed by atoms with Gasteiger partial charge in [0.2, 0.25) is 6.41 Å². The maximum Gasteiger partial charge on any atom is 0.209 e. The molecule has 0 aromatic carbocycles. The van der Waals surface area contributed by atoms with E-state index in [1.165, 1.54) is 0 Å². The van der Waals surface area contributed by atoms with E-state index in [1.807, 2.05) is 23.6 Å². The van der Waals surface area contributed by atoms with Crippen molar-refractivity contribution < 1.29 is 4.79 Å². The van der Waals surface area contributed by atoms with Gasteiger partial charge in [-0.25, -0.2) is 0 Å². The van der Waals surface area contributed by atoms with Crippen LogP contribution in [0.1, 0.15) is 6.42 Å². The van der Waals surface area contributed by atoms with E-state index in [1.54, 1.807) is 29.1 Å². The van der Waals surface area contributed by atoms with E-state index < -0.39 is 0 Å². The second kappa shape index (κ2) is 9.13. The van der Waals surface area contributed by atoms with Crippen molar-refractivity contribution in [1.82, 2.24) is 4.90 Å². The summed E-state index contributed by atoms with van der Waals surface area (Å²) in [4.78, 5) is 11.8. The highest BCUT2D eigenvalue weighted by Gasteiger charge is 1.87. The van der Waals surface area contributed by atoms with Crippen LogP contribution in [0, 0.1) is 0 Å². The summed E-state index contributed by atoms with van der Waals surface area (Å²) in [6, 6.07) is 0. The van der Waals surface area contributed by atoms with Gasteiger partial charge in [-0.2, -0.15) is 0 Å². The van der Waals surface area contributed by atoms with Crippen molar-refractivity contribution in [2.75, 3.05) is 13.6 Å². The predicted octanol–water partition coefficient (Wildman–Crippen LogP) is 2.41. The lowest BCUT2D eigenvalue weighted by Crippen LogP contribution is -2.16. The van der Waals surface area contributed by atoms with E-state index in [2.05, 4.69) is 6.58 Å². The first-order valence-corrected chi connectivity index (χ1v) is 4.99. The van der Waals surface area contributed by atoms with Gasteiger partial charge in [0.25, 0.3) is 0 Å². The Morgan fingerprint density at radius 1 is 1.46 bits per heavy atom. The van der Waals surface area contributed by atoms with Crippen LogP contribution in [0.3, 0.4) is 0 Å². The third-order valence-corrected chi connectivity index (χ3v) is 1.84. The zero-order valence-corrected chi connectivity index (χ0v) is 8.67. The molecule has 0 saturated carbocycles. The number of amides is 1. The van der Waals surface area contributed by atoms with Crippen molar-refractivity contribution in [2.24, 2.45) is 0 Å². The molecule has 0 aromatic heterocycles. The van der Waals surface area contributed by atoms with Crippen LogP contribution in [0.5, 0.6) is 0 Å². The van der Waals surface area contributed by atoms with Crippen LogP contribution < -0.4 is 0 Å². The highest BCUT2D eigenvalue weighted by atomic mass is 32.2. The average molecular weight is 197 g/mol. The molecule has 0 aliphatic carbocycles. The number of thioether (sulfide) groups is 1. The van der Waals surface area contributed by atoms with Gasteiger partial charge >= 0.3 is 0 Å². The molecule has 0 unspecified atom stereocenters. The molecule has 0 fully saturated rings. The van der Waals surface area contributed by atoms with Crippen molar-refractivity contribution in [3.63, 3.8) is 0 Å². The normalized spacial score (nSPS) is 10.8. The van der Waals surface area contributed by atoms with E-state index in [0.29, 0.717) is 0 Å². The second-order valence-corrected chi connectivity index (χ2v) is 3.31. The quantitative estimate of drug-likeness (QED) is 0.461. The number of rotatable bonds is 7. The van der Waals surface area contributed by atoms with Crippen molar-refractivity contribution in [2.45, 2.75) is 6.42 Å². The van der Waals surface area contributed by atoms with Gasteiger partial charge < -0.3 is 4.90 Å². The molecule has 3 heteroatoms. The molecular weight excluding hydrogens is 182 g/mol. The van der Waals surface area contributed by atoms with E-state index in [-0.39, 0.29) is 0 Å². The summed E-state index contributed by atoms with van der Waals surface area (Å²) in [6.45, 7) is 4.34. The third kappa shape index (κ3) is 8.95. The van der Waals surface area contributed by atoms with E-state index >= 15 is 0 Å². The molecule has 0 aliphatic heterocycles. The van der Waals surface area contributed by atoms with Gasteiger partial charge in [0, 0.05) is 13.6 Å². The number of hydrogen-bond acceptors (Lipinski definition) is 2. The Hall–Kier alpha value is -0.960. The fourth-order valence-corrected chi connectivity index (χ4v) is 0.944. The minimum atomic E-state index is 0.766. The summed E-state index contributed by atoms with van der Waals surface area (Å²) < 4.78 is 0. The van der Waals surface area contributed by atoms with E-state index in [0.717, 1.165) is 19.4 Å². The fraction of sp³-hybridized carbons (Fsp3) is 0.300. The molecule has 13 heavy (non-hydrogen) atoms. The van der Waals surface area contributed by atoms with Gasteiger partial charge in [-0.15, -0.1) is 11.8 Å². The van der Waals surface area contributed by atoms with Gasteiger partial charge in [-0.1, -0.05) is 24.8 Å². The van der Waals surface area contributed by atoms with Crippen molar-refractivity contribution in [3.8, 4) is 0 Å². The highest BCUT2D eigenvalue weighted by molar-refractivity contribution is 8.04. The first-order valence-electron chi connectivity index (χ1n) is 4.05. The van der Waals surface area contributed by atoms with Gasteiger partial charge in [0.1, 0.15) is 0 Å². The largest absolute Gasteiger partial charge is 0.348 e. The van der Waals surface area contributed by atoms with Crippen molar-refractivity contribution >= 4 is 18.2 Å². The van der Waals surface area contributed by atoms with Crippen LogP contribution >= 0.6 is 11.8 Å². The minimum Gasteiger partial charge on any atom is -0.348 e. The first kappa shape index (κ1) is 12.0. The molecule has 0 saturated heterocycles. The maximum atomic E-state index is 10.2. The van der Waals surface area contributed by atoms with Crippen LogP contribution in [0.25, 0.3) is 0 Å². The number of carbonyl (C=O) groups is 1. The Kier molecular flexibility index (Phi) is 8.46. The summed E-state index contributed by atoms with van der Waals surface area (Å²) in [5.74, 6) is 0. The van der Waals surface area contributed by atoms with Crippen molar-refractivity contribution in [3.05, 3.63) is 35.6 Å². The molecule has 0 atom stereocenters. The maximum absolute atomic E-state index is 10.2. The summed E-state index contributed by atoms with van der Waals surface area (Å²) in [5.41, 5.74) is 0. The number of hydrogen-bond donors (Lipinski definition) is 0. The molecule has 1 amide bonds. The molecule has 0 radical (unpaired) electrons. The smallest absolute Gasteiger partial charge is 0.209 e. The molecule has 0 spiro atoms. The van der Waals surface area contributed by atoms with Crippen molar-refractivity contribution in [1.29, 1.82) is 0 Å². The van der Waals surface area contributed by atoms with Crippen LogP contribution in [-0.2, 0) is 4.79 Å². The van der Waals surface area contributed by atoms with Gasteiger partial charge in [0.05, 0.1) is 0 Å². The summed E-state index contributed by atoms with van der Waals surface area (Å²) in [7, 11) is 1.77. The fourth-order valence-electron chi connectivity index (χ4n) is 0.652. The lowest BCUT2D eigenvalue weighted by atomic mass is 10.3. The zero-order valence-electron chi connectivity index (χ0n) is 7.85. The Morgan fingerprint density at radius 2 is 2.23 bits per heavy atom. The Balaban J connectivity index is 3.41. The van der Waals surface area contributed by atoms with Crippen LogP contribution in [-0.4, -0.2) is 24.9 Å². The summed E-state index contributed by atoms with van der Waals surface area (Å²) in [5, 5.41) is 3.72. The topological polar surface area (TPSA) is 20.3 Å². The number of allylic oxidation sites excluding steroid dienone is 2. The zero-order chi connectivity index (χ0) is 9.94. The van der Waals surface area contributed by atoms with Crippen LogP contribution in [0.4, 0.5) is 0 Å². The monoisotopic (exact) mass is 197 g/mol. The Bertz CT molecular complexity index is 199. The SMILES string of the molecule is C=CS/C=C/C=C/CCN(C)C=O. The molecule has 72 valence electrons. The van der Waals surface area contributed by atoms with Gasteiger partial charge in [-0.3, -0.25) is 4.79 Å². The molecule has 2 nitrogen and oxygen atoms in total. The third-order valence-electron chi connectivity index (χ3n) is 1.33. The van der Waals surface area contributed by atoms with Crippen LogP contribution in [0.2, 0.25) is 0 Å². The summed E-state index contributed by atoms with van der Waals surface area (Å²) in [6.07, 6.45) is 7.66. The van der Waals surface area contributed by atoms with E-state index in [9.17, 15) is 4.79 Å². The molecule has 0 bridgehead atoms. The second-order valence-electron chi connectivity index (χ2n) is 2.43. The van der Waals surface area contributed by atoms with Gasteiger partial charge in [0.15, 0.2) is 0 Å². The minimum absolute atomic E-state index is 0.766. The standard InChI is InChI=1S/C10H15NOS/c1-3-13-9-7-5-4-6-8-11(2)10-12/h3-5,7,9-10H,1,6,8H2,2H3/b5-4+,9-7+. The summed E-state index contributed by atoms with van der Waals surface area (Å²) >= 11 is 1.54. The molecule has 0 N–H and O–H groups in total. The molecule has 0 aromatic rings. The van der Waals surface area contributed by atoms with Gasteiger partial charge in [-0.05, 0) is 17.2 Å². The number of nitrogens with zero attached hydrogens (tertiary/aromatic N) is 1. The lowest BCUT2D eigenvalue weighted by molar-refractivity contribution is -0.116. The molecular formula is C10H15NOS. The number of carbonyl (C=O) groups excluding carboxylic acids is 1. The lowest BCUT2D eigenvalue weighted by Gasteiger charge is -2.06. The van der Waals surface area contributed by atoms with E-state index in [4.69, 9.17) is 0 Å². The molecule has 0 aliphatic rings. The highest BCUT2D eigenvalue weighted by Crippen LogP contribution is 2.01. The molecule has 0 heterocycles. The Labute approximate surface area is 84.0 Å². The first-order chi connectivity index (χ1) is 6.31. The van der Waals surface area contributed by atoms with Crippen LogP contribution in [0.15, 0.2) is 35.6 Å².